The first-order valence-corrected chi connectivity index (χ1v) is 7.61. The Balaban J connectivity index is 2.05. The SMILES string of the molecule is CCCCCCc1ccsc1-c1ccc(N)cc1. The lowest BCUT2D eigenvalue weighted by Crippen LogP contribution is -1.87. The third-order valence-electron chi connectivity index (χ3n) is 3.22. The van der Waals surface area contributed by atoms with Crippen molar-refractivity contribution >= 4 is 17.0 Å². The van der Waals surface area contributed by atoms with Crippen LogP contribution in [0.5, 0.6) is 0 Å². The van der Waals surface area contributed by atoms with Crippen LogP contribution >= 0.6 is 11.3 Å². The Morgan fingerprint density at radius 1 is 1.00 bits per heavy atom. The van der Waals surface area contributed by atoms with Crippen LogP contribution in [0.1, 0.15) is 38.2 Å². The molecule has 0 spiro atoms. The normalized spacial score (nSPS) is 10.7. The van der Waals surface area contributed by atoms with Gasteiger partial charge < -0.3 is 5.73 Å². The van der Waals surface area contributed by atoms with Gasteiger partial charge >= 0.3 is 0 Å². The monoisotopic (exact) mass is 259 g/mol. The van der Waals surface area contributed by atoms with Gasteiger partial charge in [-0.25, -0.2) is 0 Å². The number of benzene rings is 1. The number of nitrogen functional groups attached to an aromatic ring is 1. The average molecular weight is 259 g/mol. The number of thiophene rings is 1. The molecule has 0 atom stereocenters. The summed E-state index contributed by atoms with van der Waals surface area (Å²) in [5, 5.41) is 2.20. The summed E-state index contributed by atoms with van der Waals surface area (Å²) in [5.41, 5.74) is 9.35. The molecule has 2 aromatic rings. The van der Waals surface area contributed by atoms with Gasteiger partial charge in [-0.3, -0.25) is 0 Å². The van der Waals surface area contributed by atoms with Gasteiger partial charge in [-0.15, -0.1) is 11.3 Å². The van der Waals surface area contributed by atoms with Crippen LogP contribution in [-0.4, -0.2) is 0 Å². The van der Waals surface area contributed by atoms with Crippen molar-refractivity contribution in [1.29, 1.82) is 0 Å². The third-order valence-corrected chi connectivity index (χ3v) is 4.23. The van der Waals surface area contributed by atoms with Crippen molar-refractivity contribution in [2.24, 2.45) is 0 Å². The zero-order chi connectivity index (χ0) is 12.8. The Morgan fingerprint density at radius 2 is 1.78 bits per heavy atom. The topological polar surface area (TPSA) is 26.0 Å². The van der Waals surface area contributed by atoms with E-state index < -0.39 is 0 Å². The molecule has 0 aliphatic rings. The molecule has 18 heavy (non-hydrogen) atoms. The second-order valence-electron chi connectivity index (χ2n) is 4.71. The molecule has 0 unspecified atom stereocenters. The number of unbranched alkanes of at least 4 members (excludes halogenated alkanes) is 3. The molecule has 0 fully saturated rings. The minimum Gasteiger partial charge on any atom is -0.399 e. The average Bonchev–Trinajstić information content (AvgIpc) is 2.84. The highest BCUT2D eigenvalue weighted by Crippen LogP contribution is 2.31. The standard InChI is InChI=1S/C16H21NS/c1-2-3-4-5-6-13-11-12-18-16(13)14-7-9-15(17)10-8-14/h7-12H,2-6,17H2,1H3. The lowest BCUT2D eigenvalue weighted by Gasteiger charge is -2.04. The summed E-state index contributed by atoms with van der Waals surface area (Å²) >= 11 is 1.83. The molecule has 96 valence electrons. The van der Waals surface area contributed by atoms with Crippen LogP contribution in [0, 0.1) is 0 Å². The van der Waals surface area contributed by atoms with E-state index in [1.165, 1.54) is 48.1 Å². The smallest absolute Gasteiger partial charge is 0.0374 e. The number of hydrogen-bond acceptors (Lipinski definition) is 2. The summed E-state index contributed by atoms with van der Waals surface area (Å²) in [5.74, 6) is 0. The van der Waals surface area contributed by atoms with Crippen LogP contribution < -0.4 is 5.73 Å². The Kier molecular flexibility index (Phi) is 4.82. The Hall–Kier alpha value is -1.28. The van der Waals surface area contributed by atoms with Crippen molar-refractivity contribution in [1.82, 2.24) is 0 Å². The summed E-state index contributed by atoms with van der Waals surface area (Å²) in [7, 11) is 0. The second kappa shape index (κ2) is 6.60. The fourth-order valence-electron chi connectivity index (χ4n) is 2.16. The van der Waals surface area contributed by atoms with E-state index >= 15 is 0 Å². The highest BCUT2D eigenvalue weighted by atomic mass is 32.1. The van der Waals surface area contributed by atoms with Gasteiger partial charge in [0, 0.05) is 10.6 Å². The maximum Gasteiger partial charge on any atom is 0.0374 e. The molecule has 0 amide bonds. The summed E-state index contributed by atoms with van der Waals surface area (Å²) in [6.07, 6.45) is 6.49. The van der Waals surface area contributed by atoms with E-state index in [4.69, 9.17) is 5.73 Å². The van der Waals surface area contributed by atoms with E-state index in [1.54, 1.807) is 0 Å². The largest absolute Gasteiger partial charge is 0.399 e. The van der Waals surface area contributed by atoms with Crippen molar-refractivity contribution in [3.8, 4) is 10.4 Å². The van der Waals surface area contributed by atoms with Crippen LogP contribution in [-0.2, 0) is 6.42 Å². The van der Waals surface area contributed by atoms with Crippen LogP contribution in [0.25, 0.3) is 10.4 Å². The zero-order valence-electron chi connectivity index (χ0n) is 11.0. The van der Waals surface area contributed by atoms with Crippen molar-refractivity contribution in [3.05, 3.63) is 41.3 Å². The van der Waals surface area contributed by atoms with Crippen LogP contribution in [0.4, 0.5) is 5.69 Å². The molecule has 0 aliphatic carbocycles. The zero-order valence-corrected chi connectivity index (χ0v) is 11.8. The van der Waals surface area contributed by atoms with Gasteiger partial charge in [0.05, 0.1) is 0 Å². The Labute approximate surface area is 114 Å². The first-order chi connectivity index (χ1) is 8.81. The van der Waals surface area contributed by atoms with Gasteiger partial charge in [0.2, 0.25) is 0 Å². The highest BCUT2D eigenvalue weighted by Gasteiger charge is 2.06. The molecule has 0 saturated carbocycles. The van der Waals surface area contributed by atoms with Crippen molar-refractivity contribution in [2.75, 3.05) is 5.73 Å². The second-order valence-corrected chi connectivity index (χ2v) is 5.62. The first-order valence-electron chi connectivity index (χ1n) is 6.73. The van der Waals surface area contributed by atoms with Gasteiger partial charge in [-0.2, -0.15) is 0 Å². The van der Waals surface area contributed by atoms with Gasteiger partial charge in [-0.05, 0) is 47.5 Å². The highest BCUT2D eigenvalue weighted by molar-refractivity contribution is 7.13. The van der Waals surface area contributed by atoms with E-state index in [0.717, 1.165) is 5.69 Å². The molecule has 1 aromatic heterocycles. The Morgan fingerprint density at radius 3 is 2.50 bits per heavy atom. The maximum atomic E-state index is 5.74. The van der Waals surface area contributed by atoms with E-state index in [2.05, 4.69) is 30.5 Å². The molecule has 0 saturated heterocycles. The van der Waals surface area contributed by atoms with E-state index in [1.807, 2.05) is 23.5 Å². The number of rotatable bonds is 6. The molecule has 1 aromatic carbocycles. The molecule has 1 nitrogen and oxygen atoms in total. The first kappa shape index (κ1) is 13.2. The third kappa shape index (κ3) is 3.36. The molecule has 2 heteroatoms. The van der Waals surface area contributed by atoms with E-state index in [-0.39, 0.29) is 0 Å². The van der Waals surface area contributed by atoms with E-state index in [0.29, 0.717) is 0 Å². The van der Waals surface area contributed by atoms with Crippen molar-refractivity contribution in [3.63, 3.8) is 0 Å². The van der Waals surface area contributed by atoms with Gasteiger partial charge in [-0.1, -0.05) is 38.3 Å². The lowest BCUT2D eigenvalue weighted by molar-refractivity contribution is 0.668. The fourth-order valence-corrected chi connectivity index (χ4v) is 3.12. The van der Waals surface area contributed by atoms with Crippen molar-refractivity contribution in [2.45, 2.75) is 39.0 Å². The van der Waals surface area contributed by atoms with E-state index in [9.17, 15) is 0 Å². The summed E-state index contributed by atoms with van der Waals surface area (Å²) in [6.45, 7) is 2.25. The van der Waals surface area contributed by atoms with Crippen LogP contribution in [0.2, 0.25) is 0 Å². The summed E-state index contributed by atoms with van der Waals surface area (Å²) in [6, 6.07) is 10.5. The molecule has 0 radical (unpaired) electrons. The number of aryl methyl sites for hydroxylation is 1. The summed E-state index contributed by atoms with van der Waals surface area (Å²) in [4.78, 5) is 1.41. The van der Waals surface area contributed by atoms with Gasteiger partial charge in [0.15, 0.2) is 0 Å². The summed E-state index contributed by atoms with van der Waals surface area (Å²) < 4.78 is 0. The Bertz CT molecular complexity index is 470. The molecular formula is C16H21NS. The maximum absolute atomic E-state index is 5.74. The molecule has 0 bridgehead atoms. The molecule has 2 rings (SSSR count). The number of nitrogens with two attached hydrogens (primary N) is 1. The van der Waals surface area contributed by atoms with Gasteiger partial charge in [0.25, 0.3) is 0 Å². The number of anilines is 1. The number of hydrogen-bond donors (Lipinski definition) is 1. The predicted molar refractivity (Wildman–Crippen MR) is 82.0 cm³/mol. The minimum absolute atomic E-state index is 0.833. The molecule has 0 aliphatic heterocycles. The minimum atomic E-state index is 0.833. The quantitative estimate of drug-likeness (QED) is 0.565. The fraction of sp³-hybridized carbons (Fsp3) is 0.375. The van der Waals surface area contributed by atoms with Crippen LogP contribution in [0.15, 0.2) is 35.7 Å². The molecular weight excluding hydrogens is 238 g/mol. The van der Waals surface area contributed by atoms with Gasteiger partial charge in [0.1, 0.15) is 0 Å². The van der Waals surface area contributed by atoms with Crippen molar-refractivity contribution < 1.29 is 0 Å². The molecule has 1 heterocycles. The lowest BCUT2D eigenvalue weighted by atomic mass is 10.0. The van der Waals surface area contributed by atoms with Crippen LogP contribution in [0.3, 0.4) is 0 Å². The molecule has 2 N–H and O–H groups in total. The predicted octanol–water partition coefficient (Wildman–Crippen LogP) is 5.12.